The quantitative estimate of drug-likeness (QED) is 0.897. The number of alkyl halides is 3. The average molecular weight is 256 g/mol. The number of aliphatic hydroxyl groups is 1. The van der Waals surface area contributed by atoms with Crippen molar-refractivity contribution >= 4 is 0 Å². The fourth-order valence-electron chi connectivity index (χ4n) is 1.75. The average Bonchev–Trinajstić information content (AvgIpc) is 2.70. The number of aryl methyl sites for hydroxylation is 1. The lowest BCUT2D eigenvalue weighted by atomic mass is 10.1. The number of aromatic nitrogens is 2. The van der Waals surface area contributed by atoms with Crippen molar-refractivity contribution in [2.75, 3.05) is 0 Å². The molecule has 0 spiro atoms. The molecule has 3 nitrogen and oxygen atoms in total. The van der Waals surface area contributed by atoms with E-state index in [1.54, 1.807) is 37.4 Å². The Kier molecular flexibility index (Phi) is 3.13. The Balaban J connectivity index is 2.53. The van der Waals surface area contributed by atoms with Crippen LogP contribution in [-0.4, -0.2) is 20.8 Å². The van der Waals surface area contributed by atoms with Crippen molar-refractivity contribution in [3.8, 4) is 11.3 Å². The number of halogens is 3. The number of nitrogens with zero attached hydrogens (tertiary/aromatic N) is 2. The molecule has 6 heteroatoms. The highest BCUT2D eigenvalue weighted by Gasteiger charge is 2.42. The van der Waals surface area contributed by atoms with Crippen LogP contribution in [0.1, 0.15) is 11.8 Å². The summed E-state index contributed by atoms with van der Waals surface area (Å²) in [6, 6.07) is 8.53. The molecule has 18 heavy (non-hydrogen) atoms. The molecule has 0 saturated heterocycles. The number of imidazole rings is 1. The second-order valence-corrected chi connectivity index (χ2v) is 3.90. The molecule has 2 aromatic rings. The van der Waals surface area contributed by atoms with E-state index in [1.165, 1.54) is 10.9 Å². The van der Waals surface area contributed by atoms with Crippen molar-refractivity contribution in [2.45, 2.75) is 12.3 Å². The number of hydrogen-bond acceptors (Lipinski definition) is 2. The Labute approximate surface area is 102 Å². The van der Waals surface area contributed by atoms with Crippen LogP contribution < -0.4 is 0 Å². The Hall–Kier alpha value is -1.82. The highest BCUT2D eigenvalue weighted by molar-refractivity contribution is 5.62. The van der Waals surface area contributed by atoms with Gasteiger partial charge in [-0.2, -0.15) is 13.2 Å². The van der Waals surface area contributed by atoms with Gasteiger partial charge in [0.05, 0.1) is 12.0 Å². The van der Waals surface area contributed by atoms with Crippen molar-refractivity contribution in [3.05, 3.63) is 42.4 Å². The normalized spacial score (nSPS) is 13.6. The maximum absolute atomic E-state index is 12.5. The molecule has 0 aliphatic carbocycles. The minimum Gasteiger partial charge on any atom is -0.378 e. The van der Waals surface area contributed by atoms with E-state index in [0.29, 0.717) is 5.56 Å². The molecule has 0 aliphatic heterocycles. The molecule has 0 bridgehead atoms. The van der Waals surface area contributed by atoms with E-state index in [2.05, 4.69) is 4.98 Å². The molecule has 1 aromatic carbocycles. The minimum atomic E-state index is -4.72. The van der Waals surface area contributed by atoms with Gasteiger partial charge in [-0.1, -0.05) is 30.3 Å². The van der Waals surface area contributed by atoms with Gasteiger partial charge in [0.15, 0.2) is 6.10 Å². The molecule has 1 unspecified atom stereocenters. The maximum atomic E-state index is 12.5. The summed E-state index contributed by atoms with van der Waals surface area (Å²) in [5.74, 6) is 0. The summed E-state index contributed by atoms with van der Waals surface area (Å²) in [6.45, 7) is 0. The molecule has 96 valence electrons. The zero-order valence-corrected chi connectivity index (χ0v) is 9.52. The first-order valence-corrected chi connectivity index (χ1v) is 5.22. The highest BCUT2D eigenvalue weighted by Crippen LogP contribution is 2.36. The van der Waals surface area contributed by atoms with E-state index in [9.17, 15) is 18.3 Å². The summed E-state index contributed by atoms with van der Waals surface area (Å²) in [5.41, 5.74) is 0.465. The topological polar surface area (TPSA) is 38.0 Å². The number of aliphatic hydroxyl groups excluding tert-OH is 1. The van der Waals surface area contributed by atoms with Gasteiger partial charge in [-0.15, -0.1) is 0 Å². The molecule has 0 amide bonds. The highest BCUT2D eigenvalue weighted by atomic mass is 19.4. The van der Waals surface area contributed by atoms with Crippen LogP contribution in [0.4, 0.5) is 13.2 Å². The Morgan fingerprint density at radius 1 is 1.22 bits per heavy atom. The number of hydrogen-bond donors (Lipinski definition) is 1. The van der Waals surface area contributed by atoms with E-state index >= 15 is 0 Å². The first-order chi connectivity index (χ1) is 8.41. The van der Waals surface area contributed by atoms with Gasteiger partial charge >= 0.3 is 6.18 Å². The van der Waals surface area contributed by atoms with Crippen molar-refractivity contribution < 1.29 is 18.3 Å². The van der Waals surface area contributed by atoms with Crippen LogP contribution in [0.5, 0.6) is 0 Å². The molecular weight excluding hydrogens is 245 g/mol. The predicted molar refractivity (Wildman–Crippen MR) is 59.7 cm³/mol. The fourth-order valence-corrected chi connectivity index (χ4v) is 1.75. The van der Waals surface area contributed by atoms with Crippen molar-refractivity contribution in [3.63, 3.8) is 0 Å². The van der Waals surface area contributed by atoms with Crippen LogP contribution in [0.2, 0.25) is 0 Å². The third-order valence-electron chi connectivity index (χ3n) is 2.58. The number of benzene rings is 1. The lowest BCUT2D eigenvalue weighted by molar-refractivity contribution is -0.207. The largest absolute Gasteiger partial charge is 0.420 e. The van der Waals surface area contributed by atoms with Gasteiger partial charge in [0.25, 0.3) is 0 Å². The summed E-state index contributed by atoms with van der Waals surface area (Å²) >= 11 is 0. The van der Waals surface area contributed by atoms with Crippen LogP contribution in [0.25, 0.3) is 11.3 Å². The van der Waals surface area contributed by atoms with Crippen LogP contribution >= 0.6 is 0 Å². The molecule has 0 saturated carbocycles. The number of rotatable bonds is 2. The van der Waals surface area contributed by atoms with Gasteiger partial charge < -0.3 is 9.67 Å². The van der Waals surface area contributed by atoms with Gasteiger partial charge in [-0.05, 0) is 0 Å². The van der Waals surface area contributed by atoms with Gasteiger partial charge in [0.2, 0.25) is 0 Å². The van der Waals surface area contributed by atoms with E-state index < -0.39 is 12.3 Å². The molecule has 0 aliphatic rings. The summed E-state index contributed by atoms with van der Waals surface area (Å²) < 4.78 is 39.1. The van der Waals surface area contributed by atoms with Gasteiger partial charge in [0, 0.05) is 12.6 Å². The molecular formula is C12H11F3N2O. The summed E-state index contributed by atoms with van der Waals surface area (Å²) in [4.78, 5) is 3.65. The second-order valence-electron chi connectivity index (χ2n) is 3.90. The lowest BCUT2D eigenvalue weighted by Gasteiger charge is -2.15. The molecule has 2 rings (SSSR count). The Bertz CT molecular complexity index is 534. The molecule has 0 radical (unpaired) electrons. The maximum Gasteiger partial charge on any atom is 0.420 e. The van der Waals surface area contributed by atoms with E-state index in [0.717, 1.165) is 0 Å². The fraction of sp³-hybridized carbons (Fsp3) is 0.250. The van der Waals surface area contributed by atoms with Gasteiger partial charge in [-0.25, -0.2) is 4.98 Å². The van der Waals surface area contributed by atoms with Crippen molar-refractivity contribution in [1.82, 2.24) is 9.55 Å². The summed E-state index contributed by atoms with van der Waals surface area (Å²) in [7, 11) is 1.59. The van der Waals surface area contributed by atoms with E-state index in [1.807, 2.05) is 0 Å². The van der Waals surface area contributed by atoms with Gasteiger partial charge in [-0.3, -0.25) is 0 Å². The Morgan fingerprint density at radius 2 is 1.83 bits per heavy atom. The van der Waals surface area contributed by atoms with Crippen LogP contribution in [0, 0.1) is 0 Å². The second kappa shape index (κ2) is 4.45. The third kappa shape index (κ3) is 2.24. The van der Waals surface area contributed by atoms with Crippen molar-refractivity contribution in [2.24, 2.45) is 7.05 Å². The van der Waals surface area contributed by atoms with Gasteiger partial charge in [0.1, 0.15) is 5.69 Å². The lowest BCUT2D eigenvalue weighted by Crippen LogP contribution is -2.21. The minimum absolute atomic E-state index is 0.264. The van der Waals surface area contributed by atoms with E-state index in [4.69, 9.17) is 0 Å². The van der Waals surface area contributed by atoms with Crippen molar-refractivity contribution in [1.29, 1.82) is 0 Å². The third-order valence-corrected chi connectivity index (χ3v) is 2.58. The molecule has 1 N–H and O–H groups in total. The Morgan fingerprint density at radius 3 is 2.39 bits per heavy atom. The van der Waals surface area contributed by atoms with Crippen LogP contribution in [0.3, 0.4) is 0 Å². The van der Waals surface area contributed by atoms with Crippen LogP contribution in [0.15, 0.2) is 36.7 Å². The van der Waals surface area contributed by atoms with E-state index in [-0.39, 0.29) is 11.4 Å². The summed E-state index contributed by atoms with van der Waals surface area (Å²) in [6.07, 6.45) is -6.04. The first kappa shape index (κ1) is 12.6. The SMILES string of the molecule is Cn1cnc(C(O)C(F)(F)F)c1-c1ccccc1. The smallest absolute Gasteiger partial charge is 0.378 e. The molecule has 1 heterocycles. The predicted octanol–water partition coefficient (Wildman–Crippen LogP) is 2.68. The molecule has 1 atom stereocenters. The molecule has 1 aromatic heterocycles. The molecule has 0 fully saturated rings. The zero-order chi connectivity index (χ0) is 13.3. The monoisotopic (exact) mass is 256 g/mol. The van der Waals surface area contributed by atoms with Crippen LogP contribution in [-0.2, 0) is 7.05 Å². The zero-order valence-electron chi connectivity index (χ0n) is 9.52. The standard InChI is InChI=1S/C12H11F3N2O/c1-17-7-16-9(11(18)12(13,14)15)10(17)8-5-3-2-4-6-8/h2-7,11,18H,1H3. The summed E-state index contributed by atoms with van der Waals surface area (Å²) in [5, 5.41) is 9.31. The first-order valence-electron chi connectivity index (χ1n) is 5.22.